The fourth-order valence-corrected chi connectivity index (χ4v) is 3.29. The molecular formula is C17H18ClN5O4. The fourth-order valence-electron chi connectivity index (χ4n) is 3.09. The van der Waals surface area contributed by atoms with E-state index < -0.39 is 12.7 Å². The Morgan fingerprint density at radius 1 is 1.44 bits per heavy atom. The van der Waals surface area contributed by atoms with Crippen molar-refractivity contribution >= 4 is 34.4 Å². The summed E-state index contributed by atoms with van der Waals surface area (Å²) in [6.07, 6.45) is 1.27. The number of aromatic nitrogens is 4. The van der Waals surface area contributed by atoms with Crippen molar-refractivity contribution in [3.63, 3.8) is 0 Å². The van der Waals surface area contributed by atoms with Gasteiger partial charge in [-0.05, 0) is 11.6 Å². The van der Waals surface area contributed by atoms with Gasteiger partial charge in [0.25, 0.3) is 0 Å². The number of anilines is 2. The summed E-state index contributed by atoms with van der Waals surface area (Å²) in [7, 11) is 1.60. The molecule has 1 atom stereocenters. The zero-order chi connectivity index (χ0) is 19.1. The molecule has 3 N–H and O–H groups in total. The van der Waals surface area contributed by atoms with Gasteiger partial charge in [-0.15, -0.1) is 0 Å². The largest absolute Gasteiger partial charge is 0.493 e. The predicted octanol–water partition coefficient (Wildman–Crippen LogP) is 0.815. The summed E-state index contributed by atoms with van der Waals surface area (Å²) in [5, 5.41) is 22.4. The lowest BCUT2D eigenvalue weighted by Crippen LogP contribution is -2.29. The second-order valence-electron chi connectivity index (χ2n) is 6.35. The Bertz CT molecular complexity index is 1080. The van der Waals surface area contributed by atoms with Gasteiger partial charge in [0.1, 0.15) is 11.3 Å². The SMILES string of the molecule is Cn1c(=O)n(CC(O)CO)c2nc(Nc3cc4c(cc3Cl)OCC4)ncc21. The molecule has 3 heterocycles. The van der Waals surface area contributed by atoms with E-state index in [-0.39, 0.29) is 18.2 Å². The molecule has 0 radical (unpaired) electrons. The highest BCUT2D eigenvalue weighted by atomic mass is 35.5. The second kappa shape index (κ2) is 6.84. The highest BCUT2D eigenvalue weighted by Crippen LogP contribution is 2.35. The maximum absolute atomic E-state index is 12.4. The van der Waals surface area contributed by atoms with Gasteiger partial charge in [-0.3, -0.25) is 9.13 Å². The third-order valence-corrected chi connectivity index (χ3v) is 4.83. The summed E-state index contributed by atoms with van der Waals surface area (Å²) in [5.41, 5.74) is 2.21. The van der Waals surface area contributed by atoms with Crippen LogP contribution in [0.15, 0.2) is 23.1 Å². The van der Waals surface area contributed by atoms with Gasteiger partial charge in [0.05, 0.1) is 42.8 Å². The molecule has 0 saturated carbocycles. The summed E-state index contributed by atoms with van der Waals surface area (Å²) in [6.45, 7) is 0.104. The summed E-state index contributed by atoms with van der Waals surface area (Å²) in [4.78, 5) is 21.1. The summed E-state index contributed by atoms with van der Waals surface area (Å²) in [6, 6.07) is 3.65. The van der Waals surface area contributed by atoms with Gasteiger partial charge in [0, 0.05) is 19.5 Å². The first kappa shape index (κ1) is 17.8. The second-order valence-corrected chi connectivity index (χ2v) is 6.76. The summed E-state index contributed by atoms with van der Waals surface area (Å²) < 4.78 is 8.19. The number of nitrogens with one attached hydrogen (secondary N) is 1. The summed E-state index contributed by atoms with van der Waals surface area (Å²) >= 11 is 6.31. The Morgan fingerprint density at radius 3 is 3.04 bits per heavy atom. The first-order chi connectivity index (χ1) is 13.0. The Hall–Kier alpha value is -2.62. The standard InChI is InChI=1S/C17H18ClN5O4/c1-22-13-6-19-16(21-15(13)23(17(22)26)7-10(25)8-24)20-12-4-9-2-3-27-14(9)5-11(12)18/h4-6,10,24-25H,2-3,7-8H2,1H3,(H,19,20,21). The van der Waals surface area contributed by atoms with E-state index in [2.05, 4.69) is 15.3 Å². The molecule has 142 valence electrons. The number of nitrogens with zero attached hydrogens (tertiary/aromatic N) is 4. The van der Waals surface area contributed by atoms with E-state index >= 15 is 0 Å². The number of imidazole rings is 1. The van der Waals surface area contributed by atoms with Gasteiger partial charge >= 0.3 is 5.69 Å². The highest BCUT2D eigenvalue weighted by molar-refractivity contribution is 6.33. The first-order valence-corrected chi connectivity index (χ1v) is 8.79. The number of aliphatic hydroxyl groups is 2. The van der Waals surface area contributed by atoms with E-state index in [1.165, 1.54) is 15.3 Å². The van der Waals surface area contributed by atoms with Crippen LogP contribution in [0, 0.1) is 0 Å². The lowest BCUT2D eigenvalue weighted by Gasteiger charge is -2.10. The Morgan fingerprint density at radius 2 is 2.26 bits per heavy atom. The number of halogens is 1. The molecule has 10 heteroatoms. The molecule has 0 amide bonds. The van der Waals surface area contributed by atoms with E-state index in [9.17, 15) is 9.90 Å². The van der Waals surface area contributed by atoms with Crippen molar-refractivity contribution in [1.29, 1.82) is 0 Å². The van der Waals surface area contributed by atoms with E-state index in [4.69, 9.17) is 21.4 Å². The third kappa shape index (κ3) is 3.14. The maximum Gasteiger partial charge on any atom is 0.330 e. The molecule has 0 bridgehead atoms. The quantitative estimate of drug-likeness (QED) is 0.589. The number of benzene rings is 1. The summed E-state index contributed by atoms with van der Waals surface area (Å²) in [5.74, 6) is 1.04. The molecule has 27 heavy (non-hydrogen) atoms. The van der Waals surface area contributed by atoms with Crippen LogP contribution < -0.4 is 15.7 Å². The van der Waals surface area contributed by atoms with Crippen LogP contribution in [-0.2, 0) is 20.0 Å². The van der Waals surface area contributed by atoms with Crippen LogP contribution >= 0.6 is 11.6 Å². The minimum atomic E-state index is -1.06. The number of aryl methyl sites for hydroxylation is 1. The predicted molar refractivity (Wildman–Crippen MR) is 99.8 cm³/mol. The molecule has 0 fully saturated rings. The van der Waals surface area contributed by atoms with Crippen molar-refractivity contribution in [3.05, 3.63) is 39.4 Å². The number of hydrogen-bond acceptors (Lipinski definition) is 7. The average molecular weight is 392 g/mol. The maximum atomic E-state index is 12.4. The van der Waals surface area contributed by atoms with E-state index in [1.54, 1.807) is 13.1 Å². The Balaban J connectivity index is 1.73. The fraction of sp³-hybridized carbons (Fsp3) is 0.353. The van der Waals surface area contributed by atoms with E-state index in [0.717, 1.165) is 17.7 Å². The van der Waals surface area contributed by atoms with Crippen molar-refractivity contribution in [2.75, 3.05) is 18.5 Å². The van der Waals surface area contributed by atoms with Gasteiger partial charge in [0.2, 0.25) is 5.95 Å². The number of ether oxygens (including phenoxy) is 1. The topological polar surface area (TPSA) is 114 Å². The smallest absolute Gasteiger partial charge is 0.330 e. The lowest BCUT2D eigenvalue weighted by atomic mass is 10.1. The molecule has 4 rings (SSSR count). The molecule has 1 unspecified atom stereocenters. The zero-order valence-corrected chi connectivity index (χ0v) is 15.3. The third-order valence-electron chi connectivity index (χ3n) is 4.51. The lowest BCUT2D eigenvalue weighted by molar-refractivity contribution is 0.0811. The Kier molecular flexibility index (Phi) is 4.50. The van der Waals surface area contributed by atoms with E-state index in [0.29, 0.717) is 28.5 Å². The minimum absolute atomic E-state index is 0.0694. The number of aliphatic hydroxyl groups excluding tert-OH is 2. The van der Waals surface area contributed by atoms with Crippen LogP contribution in [0.4, 0.5) is 11.6 Å². The zero-order valence-electron chi connectivity index (χ0n) is 14.5. The molecule has 2 aromatic heterocycles. The van der Waals surface area contributed by atoms with Crippen molar-refractivity contribution in [1.82, 2.24) is 19.1 Å². The van der Waals surface area contributed by atoms with Gasteiger partial charge in [-0.1, -0.05) is 11.6 Å². The minimum Gasteiger partial charge on any atom is -0.493 e. The molecule has 1 aliphatic heterocycles. The van der Waals surface area contributed by atoms with Crippen LogP contribution in [0.5, 0.6) is 5.75 Å². The van der Waals surface area contributed by atoms with Crippen molar-refractivity contribution in [2.24, 2.45) is 7.05 Å². The highest BCUT2D eigenvalue weighted by Gasteiger charge is 2.18. The van der Waals surface area contributed by atoms with Gasteiger partial charge in [-0.2, -0.15) is 4.98 Å². The van der Waals surface area contributed by atoms with Gasteiger partial charge in [0.15, 0.2) is 5.65 Å². The van der Waals surface area contributed by atoms with Crippen molar-refractivity contribution in [3.8, 4) is 5.75 Å². The number of fused-ring (bicyclic) bond motifs is 2. The monoisotopic (exact) mass is 391 g/mol. The van der Waals surface area contributed by atoms with Crippen LogP contribution in [0.25, 0.3) is 11.2 Å². The molecule has 0 saturated heterocycles. The number of rotatable bonds is 5. The van der Waals surface area contributed by atoms with Crippen molar-refractivity contribution < 1.29 is 14.9 Å². The van der Waals surface area contributed by atoms with Crippen molar-refractivity contribution in [2.45, 2.75) is 19.1 Å². The number of hydrogen-bond donors (Lipinski definition) is 3. The van der Waals surface area contributed by atoms with Gasteiger partial charge < -0.3 is 20.3 Å². The average Bonchev–Trinajstić information content (AvgIpc) is 3.20. The van der Waals surface area contributed by atoms with Crippen LogP contribution in [0.3, 0.4) is 0 Å². The first-order valence-electron chi connectivity index (χ1n) is 8.41. The molecule has 1 aliphatic rings. The molecule has 0 aliphatic carbocycles. The van der Waals surface area contributed by atoms with Gasteiger partial charge in [-0.25, -0.2) is 9.78 Å². The molecular weight excluding hydrogens is 374 g/mol. The van der Waals surface area contributed by atoms with Crippen LogP contribution in [0.2, 0.25) is 5.02 Å². The molecule has 9 nitrogen and oxygen atoms in total. The van der Waals surface area contributed by atoms with E-state index in [1.807, 2.05) is 6.07 Å². The molecule has 3 aromatic rings. The van der Waals surface area contributed by atoms with Crippen LogP contribution in [-0.4, -0.2) is 48.6 Å². The normalized spacial score (nSPS) is 14.2. The molecule has 1 aromatic carbocycles. The van der Waals surface area contributed by atoms with Crippen LogP contribution in [0.1, 0.15) is 5.56 Å². The Labute approximate surface area is 158 Å². The molecule has 0 spiro atoms.